The molecule has 2 atom stereocenters. The molecule has 1 saturated heterocycles. The van der Waals surface area contributed by atoms with E-state index in [0.29, 0.717) is 13.2 Å². The number of azide groups is 1. The zero-order chi connectivity index (χ0) is 8.81. The second-order valence-corrected chi connectivity index (χ2v) is 2.80. The van der Waals surface area contributed by atoms with Crippen LogP contribution < -0.4 is 0 Å². The molecule has 1 rings (SSSR count). The van der Waals surface area contributed by atoms with Crippen molar-refractivity contribution in [1.29, 1.82) is 0 Å². The summed E-state index contributed by atoms with van der Waals surface area (Å²) in [6.45, 7) is 1.05. The topological polar surface area (TPSA) is 67.2 Å². The molecule has 0 amide bonds. The Labute approximate surface area is 71.3 Å². The highest BCUT2D eigenvalue weighted by Gasteiger charge is 2.20. The van der Waals surface area contributed by atoms with Crippen LogP contribution in [0, 0.1) is 0 Å². The minimum Gasteiger partial charge on any atom is -0.379 e. The van der Waals surface area contributed by atoms with E-state index in [1.165, 1.54) is 0 Å². The van der Waals surface area contributed by atoms with Crippen molar-refractivity contribution in [3.63, 3.8) is 0 Å². The molecule has 5 nitrogen and oxygen atoms in total. The van der Waals surface area contributed by atoms with E-state index < -0.39 is 0 Å². The Balaban J connectivity index is 2.21. The van der Waals surface area contributed by atoms with Gasteiger partial charge < -0.3 is 9.47 Å². The Hall–Kier alpha value is -0.770. The maximum atomic E-state index is 8.07. The second kappa shape index (κ2) is 4.98. The summed E-state index contributed by atoms with van der Waals surface area (Å²) >= 11 is 0. The monoisotopic (exact) mass is 171 g/mol. The van der Waals surface area contributed by atoms with Gasteiger partial charge in [-0.25, -0.2) is 0 Å². The van der Waals surface area contributed by atoms with Gasteiger partial charge in [-0.1, -0.05) is 5.11 Å². The zero-order valence-electron chi connectivity index (χ0n) is 7.14. The van der Waals surface area contributed by atoms with Gasteiger partial charge in [0.2, 0.25) is 0 Å². The zero-order valence-corrected chi connectivity index (χ0v) is 7.14. The molecule has 0 saturated carbocycles. The fraction of sp³-hybridized carbons (Fsp3) is 1.00. The van der Waals surface area contributed by atoms with Gasteiger partial charge in [0, 0.05) is 12.0 Å². The van der Waals surface area contributed by atoms with Gasteiger partial charge in [-0.3, -0.25) is 0 Å². The van der Waals surface area contributed by atoms with E-state index in [0.717, 1.165) is 12.8 Å². The lowest BCUT2D eigenvalue weighted by Crippen LogP contribution is -2.32. The molecule has 0 aromatic heterocycles. The summed E-state index contributed by atoms with van der Waals surface area (Å²) in [6, 6.07) is 0. The van der Waals surface area contributed by atoms with Crippen LogP contribution in [-0.2, 0) is 9.47 Å². The van der Waals surface area contributed by atoms with Gasteiger partial charge in [0.05, 0.1) is 25.4 Å². The average molecular weight is 171 g/mol. The predicted molar refractivity (Wildman–Crippen MR) is 43.8 cm³/mol. The second-order valence-electron chi connectivity index (χ2n) is 2.80. The Morgan fingerprint density at radius 1 is 1.67 bits per heavy atom. The number of nitrogens with zero attached hydrogens (tertiary/aromatic N) is 3. The maximum Gasteiger partial charge on any atom is 0.0805 e. The summed E-state index contributed by atoms with van der Waals surface area (Å²) in [6.07, 6.45) is 2.21. The first-order valence-electron chi connectivity index (χ1n) is 4.02. The van der Waals surface area contributed by atoms with Crippen LogP contribution >= 0.6 is 0 Å². The van der Waals surface area contributed by atoms with Gasteiger partial charge in [-0.05, 0) is 18.4 Å². The van der Waals surface area contributed by atoms with Crippen LogP contribution in [0.3, 0.4) is 0 Å². The third-order valence-electron chi connectivity index (χ3n) is 2.01. The summed E-state index contributed by atoms with van der Waals surface area (Å²) in [5.41, 5.74) is 8.07. The number of ether oxygens (including phenoxy) is 2. The van der Waals surface area contributed by atoms with Crippen LogP contribution in [-0.4, -0.2) is 32.5 Å². The molecule has 0 N–H and O–H groups in total. The highest BCUT2D eigenvalue weighted by atomic mass is 16.5. The van der Waals surface area contributed by atoms with Crippen molar-refractivity contribution in [3.05, 3.63) is 10.4 Å². The van der Waals surface area contributed by atoms with Gasteiger partial charge in [0.1, 0.15) is 0 Å². The van der Waals surface area contributed by atoms with Gasteiger partial charge in [-0.2, -0.15) is 0 Å². The van der Waals surface area contributed by atoms with Crippen molar-refractivity contribution in [2.45, 2.75) is 25.0 Å². The fourth-order valence-electron chi connectivity index (χ4n) is 1.24. The predicted octanol–water partition coefficient (Wildman–Crippen LogP) is 1.49. The van der Waals surface area contributed by atoms with Crippen molar-refractivity contribution in [1.82, 2.24) is 0 Å². The van der Waals surface area contributed by atoms with Crippen LogP contribution in [0.2, 0.25) is 0 Å². The van der Waals surface area contributed by atoms with E-state index in [2.05, 4.69) is 10.0 Å². The lowest BCUT2D eigenvalue weighted by atomic mass is 10.1. The van der Waals surface area contributed by atoms with Crippen LogP contribution in [0.5, 0.6) is 0 Å². The highest BCUT2D eigenvalue weighted by molar-refractivity contribution is 4.71. The van der Waals surface area contributed by atoms with Gasteiger partial charge in [-0.15, -0.1) is 0 Å². The summed E-state index contributed by atoms with van der Waals surface area (Å²) in [5.74, 6) is 0. The largest absolute Gasteiger partial charge is 0.379 e. The van der Waals surface area contributed by atoms with Crippen molar-refractivity contribution >= 4 is 0 Å². The molecule has 0 aliphatic carbocycles. The first-order chi connectivity index (χ1) is 5.86. The molecule has 1 heterocycles. The summed E-state index contributed by atoms with van der Waals surface area (Å²) in [5, 5.41) is 3.46. The molecule has 5 heteroatoms. The van der Waals surface area contributed by atoms with E-state index in [4.69, 9.17) is 15.0 Å². The van der Waals surface area contributed by atoms with Crippen LogP contribution in [0.1, 0.15) is 12.8 Å². The number of hydrogen-bond donors (Lipinski definition) is 0. The molecule has 12 heavy (non-hydrogen) atoms. The van der Waals surface area contributed by atoms with E-state index in [1.54, 1.807) is 7.11 Å². The number of hydrogen-bond acceptors (Lipinski definition) is 3. The molecule has 68 valence electrons. The molecule has 1 aliphatic heterocycles. The maximum absolute atomic E-state index is 8.07. The fourth-order valence-corrected chi connectivity index (χ4v) is 1.24. The highest BCUT2D eigenvalue weighted by Crippen LogP contribution is 2.15. The van der Waals surface area contributed by atoms with E-state index >= 15 is 0 Å². The Kier molecular flexibility index (Phi) is 3.87. The molecular weight excluding hydrogens is 158 g/mol. The standard InChI is InChI=1S/C7H13N3O2/c1-11-7-3-2-6(12-5-7)4-9-10-8/h6-7H,2-5H2,1H3/t6-,7+/m1/s1. The lowest BCUT2D eigenvalue weighted by Gasteiger charge is -2.26. The third-order valence-corrected chi connectivity index (χ3v) is 2.01. The summed E-state index contributed by atoms with van der Waals surface area (Å²) < 4.78 is 10.5. The smallest absolute Gasteiger partial charge is 0.0805 e. The van der Waals surface area contributed by atoms with E-state index in [9.17, 15) is 0 Å². The number of rotatable bonds is 3. The summed E-state index contributed by atoms with van der Waals surface area (Å²) in [4.78, 5) is 2.68. The molecular formula is C7H13N3O2. The molecule has 0 spiro atoms. The molecule has 0 radical (unpaired) electrons. The van der Waals surface area contributed by atoms with Crippen LogP contribution in [0.25, 0.3) is 10.4 Å². The quantitative estimate of drug-likeness (QED) is 0.366. The Morgan fingerprint density at radius 3 is 3.00 bits per heavy atom. The lowest BCUT2D eigenvalue weighted by molar-refractivity contribution is -0.0671. The first kappa shape index (κ1) is 9.32. The van der Waals surface area contributed by atoms with Gasteiger partial charge in [0.25, 0.3) is 0 Å². The van der Waals surface area contributed by atoms with Crippen molar-refractivity contribution < 1.29 is 9.47 Å². The van der Waals surface area contributed by atoms with Crippen molar-refractivity contribution in [3.8, 4) is 0 Å². The van der Waals surface area contributed by atoms with E-state index in [-0.39, 0.29) is 12.2 Å². The minimum atomic E-state index is 0.0901. The average Bonchev–Trinajstić information content (AvgIpc) is 2.15. The van der Waals surface area contributed by atoms with Crippen LogP contribution in [0.15, 0.2) is 5.11 Å². The third kappa shape index (κ3) is 2.70. The summed E-state index contributed by atoms with van der Waals surface area (Å²) in [7, 11) is 1.68. The normalized spacial score (nSPS) is 29.4. The molecule has 0 aromatic carbocycles. The van der Waals surface area contributed by atoms with Crippen molar-refractivity contribution in [2.75, 3.05) is 20.3 Å². The van der Waals surface area contributed by atoms with Gasteiger partial charge >= 0.3 is 0 Å². The Bertz CT molecular complexity index is 171. The Morgan fingerprint density at radius 2 is 2.50 bits per heavy atom. The van der Waals surface area contributed by atoms with Crippen LogP contribution in [0.4, 0.5) is 0 Å². The molecule has 0 unspecified atom stereocenters. The molecule has 1 fully saturated rings. The van der Waals surface area contributed by atoms with Crippen molar-refractivity contribution in [2.24, 2.45) is 5.11 Å². The molecule has 0 bridgehead atoms. The number of methoxy groups -OCH3 is 1. The SMILES string of the molecule is CO[C@H]1CC[C@H](CN=[N+]=[N-])OC1. The van der Waals surface area contributed by atoms with E-state index in [1.807, 2.05) is 0 Å². The molecule has 1 aliphatic rings. The van der Waals surface area contributed by atoms with Gasteiger partial charge in [0.15, 0.2) is 0 Å². The minimum absolute atomic E-state index is 0.0901. The molecule has 0 aromatic rings. The first-order valence-corrected chi connectivity index (χ1v) is 4.02.